The Balaban J connectivity index is 1.87. The summed E-state index contributed by atoms with van der Waals surface area (Å²) in [6.45, 7) is 0.625. The van der Waals surface area contributed by atoms with Crippen molar-refractivity contribution in [3.05, 3.63) is 35.9 Å². The van der Waals surface area contributed by atoms with Crippen LogP contribution in [0.1, 0.15) is 12.0 Å². The van der Waals surface area contributed by atoms with Gasteiger partial charge in [-0.25, -0.2) is 9.86 Å². The summed E-state index contributed by atoms with van der Waals surface area (Å²) in [6.07, 6.45) is 0.278. The molecule has 1 aliphatic heterocycles. The predicted octanol–water partition coefficient (Wildman–Crippen LogP) is 1.06. The summed E-state index contributed by atoms with van der Waals surface area (Å²) in [6, 6.07) is 9.04. The molecular weight excluding hydrogens is 208 g/mol. The summed E-state index contributed by atoms with van der Waals surface area (Å²) in [4.78, 5) is 27.5. The minimum atomic E-state index is -0.493. The summed E-state index contributed by atoms with van der Waals surface area (Å²) in [5.41, 5.74) is 0.979. The molecule has 1 saturated heterocycles. The van der Waals surface area contributed by atoms with E-state index in [1.54, 1.807) is 0 Å². The highest BCUT2D eigenvalue weighted by Crippen LogP contribution is 2.06. The molecule has 1 heterocycles. The summed E-state index contributed by atoms with van der Waals surface area (Å²) >= 11 is 0. The minimum absolute atomic E-state index is 0.260. The van der Waals surface area contributed by atoms with E-state index in [1.807, 2.05) is 30.3 Å². The Hall–Kier alpha value is -1.88. The Kier molecular flexibility index (Phi) is 3.16. The molecule has 0 radical (unpaired) electrons. The highest BCUT2D eigenvalue weighted by molar-refractivity contribution is 5.96. The summed E-state index contributed by atoms with van der Waals surface area (Å²) in [7, 11) is 0. The topological polar surface area (TPSA) is 58.6 Å². The third kappa shape index (κ3) is 2.58. The Morgan fingerprint density at radius 3 is 2.69 bits per heavy atom. The number of urea groups is 1. The molecule has 1 aliphatic rings. The van der Waals surface area contributed by atoms with E-state index in [-0.39, 0.29) is 12.3 Å². The third-order valence-corrected chi connectivity index (χ3v) is 2.24. The van der Waals surface area contributed by atoms with Crippen molar-refractivity contribution in [2.45, 2.75) is 13.0 Å². The summed E-state index contributed by atoms with van der Waals surface area (Å²) in [5, 5.41) is 3.36. The molecule has 5 heteroatoms. The third-order valence-electron chi connectivity index (χ3n) is 2.24. The van der Waals surface area contributed by atoms with Gasteiger partial charge in [0.1, 0.15) is 6.61 Å². The van der Waals surface area contributed by atoms with Crippen molar-refractivity contribution in [3.8, 4) is 0 Å². The Morgan fingerprint density at radius 2 is 2.00 bits per heavy atom. The van der Waals surface area contributed by atoms with Crippen molar-refractivity contribution in [1.82, 2.24) is 10.4 Å². The van der Waals surface area contributed by atoms with Crippen molar-refractivity contribution in [1.29, 1.82) is 0 Å². The zero-order valence-electron chi connectivity index (χ0n) is 8.68. The molecule has 2 rings (SSSR count). The average Bonchev–Trinajstić information content (AvgIpc) is 2.29. The number of hydrogen-bond acceptors (Lipinski definition) is 3. The maximum atomic E-state index is 11.3. The van der Waals surface area contributed by atoms with Crippen LogP contribution in [0.5, 0.6) is 0 Å². The molecule has 16 heavy (non-hydrogen) atoms. The van der Waals surface area contributed by atoms with Gasteiger partial charge in [-0.1, -0.05) is 30.3 Å². The van der Waals surface area contributed by atoms with Crippen LogP contribution in [-0.4, -0.2) is 23.5 Å². The molecule has 1 N–H and O–H groups in total. The number of nitrogens with zero attached hydrogens (tertiary/aromatic N) is 1. The van der Waals surface area contributed by atoms with Crippen molar-refractivity contribution < 1.29 is 14.4 Å². The van der Waals surface area contributed by atoms with Gasteiger partial charge in [0.2, 0.25) is 5.91 Å². The van der Waals surface area contributed by atoms with Gasteiger partial charge in [-0.2, -0.15) is 0 Å². The first-order valence-electron chi connectivity index (χ1n) is 5.04. The SMILES string of the molecule is O=C1CCN(OCc2ccccc2)C(=O)N1. The zero-order valence-corrected chi connectivity index (χ0v) is 8.68. The first kappa shape index (κ1) is 10.6. The normalized spacial score (nSPS) is 16.1. The van der Waals surface area contributed by atoms with Gasteiger partial charge in [0, 0.05) is 6.42 Å². The quantitative estimate of drug-likeness (QED) is 0.828. The van der Waals surface area contributed by atoms with Crippen molar-refractivity contribution >= 4 is 11.9 Å². The fraction of sp³-hybridized carbons (Fsp3) is 0.273. The van der Waals surface area contributed by atoms with Crippen LogP contribution in [0.2, 0.25) is 0 Å². The van der Waals surface area contributed by atoms with Gasteiger partial charge in [-0.05, 0) is 5.56 Å². The molecule has 0 unspecified atom stereocenters. The number of carbonyl (C=O) groups excluding carboxylic acids is 2. The fourth-order valence-corrected chi connectivity index (χ4v) is 1.40. The number of rotatable bonds is 3. The van der Waals surface area contributed by atoms with Crippen LogP contribution >= 0.6 is 0 Å². The van der Waals surface area contributed by atoms with Crippen molar-refractivity contribution in [2.24, 2.45) is 0 Å². The number of hydroxylamine groups is 2. The molecule has 1 fully saturated rings. The van der Waals surface area contributed by atoms with Crippen LogP contribution in [0, 0.1) is 0 Å². The van der Waals surface area contributed by atoms with Gasteiger partial charge < -0.3 is 0 Å². The molecule has 0 aliphatic carbocycles. The van der Waals surface area contributed by atoms with E-state index in [0.717, 1.165) is 5.56 Å². The van der Waals surface area contributed by atoms with Gasteiger partial charge in [-0.15, -0.1) is 0 Å². The first-order valence-corrected chi connectivity index (χ1v) is 5.04. The fourth-order valence-electron chi connectivity index (χ4n) is 1.40. The Labute approximate surface area is 93.0 Å². The standard InChI is InChI=1S/C11H12N2O3/c14-10-6-7-13(11(15)12-10)16-8-9-4-2-1-3-5-9/h1-5H,6-8H2,(H,12,14,15). The van der Waals surface area contributed by atoms with Gasteiger partial charge >= 0.3 is 6.03 Å². The van der Waals surface area contributed by atoms with Crippen molar-refractivity contribution in [3.63, 3.8) is 0 Å². The van der Waals surface area contributed by atoms with E-state index >= 15 is 0 Å². The number of nitrogens with one attached hydrogen (secondary N) is 1. The lowest BCUT2D eigenvalue weighted by Crippen LogP contribution is -2.49. The minimum Gasteiger partial charge on any atom is -0.276 e. The molecule has 1 aromatic carbocycles. The highest BCUT2D eigenvalue weighted by atomic mass is 16.7. The van der Waals surface area contributed by atoms with E-state index in [9.17, 15) is 9.59 Å². The lowest BCUT2D eigenvalue weighted by molar-refractivity contribution is -0.147. The molecular formula is C11H12N2O3. The van der Waals surface area contributed by atoms with E-state index in [2.05, 4.69) is 5.32 Å². The second-order valence-corrected chi connectivity index (χ2v) is 3.46. The molecule has 1 aromatic rings. The number of benzene rings is 1. The van der Waals surface area contributed by atoms with Gasteiger partial charge in [-0.3, -0.25) is 14.9 Å². The lowest BCUT2D eigenvalue weighted by atomic mass is 10.2. The van der Waals surface area contributed by atoms with E-state index in [1.165, 1.54) is 5.06 Å². The van der Waals surface area contributed by atoms with Crippen LogP contribution in [0.15, 0.2) is 30.3 Å². The van der Waals surface area contributed by atoms with Crippen LogP contribution in [0.3, 0.4) is 0 Å². The number of hydrogen-bond donors (Lipinski definition) is 1. The predicted molar refractivity (Wildman–Crippen MR) is 56.1 cm³/mol. The monoisotopic (exact) mass is 220 g/mol. The number of carbonyl (C=O) groups is 2. The van der Waals surface area contributed by atoms with Gasteiger partial charge in [0.25, 0.3) is 0 Å². The van der Waals surface area contributed by atoms with Crippen LogP contribution < -0.4 is 5.32 Å². The maximum Gasteiger partial charge on any atom is 0.347 e. The molecule has 0 bridgehead atoms. The van der Waals surface area contributed by atoms with Gasteiger partial charge in [0.15, 0.2) is 0 Å². The van der Waals surface area contributed by atoms with Crippen LogP contribution in [0.4, 0.5) is 4.79 Å². The second-order valence-electron chi connectivity index (χ2n) is 3.46. The zero-order chi connectivity index (χ0) is 11.4. The summed E-state index contributed by atoms with van der Waals surface area (Å²) < 4.78 is 0. The number of amides is 3. The van der Waals surface area contributed by atoms with Gasteiger partial charge in [0.05, 0.1) is 6.54 Å². The molecule has 0 aromatic heterocycles. The molecule has 0 atom stereocenters. The number of imide groups is 1. The first-order chi connectivity index (χ1) is 7.75. The second kappa shape index (κ2) is 4.76. The average molecular weight is 220 g/mol. The van der Waals surface area contributed by atoms with E-state index in [0.29, 0.717) is 13.2 Å². The van der Waals surface area contributed by atoms with E-state index in [4.69, 9.17) is 4.84 Å². The highest BCUT2D eigenvalue weighted by Gasteiger charge is 2.23. The Bertz CT molecular complexity index is 391. The molecule has 84 valence electrons. The molecule has 3 amide bonds. The van der Waals surface area contributed by atoms with E-state index < -0.39 is 6.03 Å². The Morgan fingerprint density at radius 1 is 1.25 bits per heavy atom. The maximum absolute atomic E-state index is 11.3. The molecule has 0 spiro atoms. The van der Waals surface area contributed by atoms with Crippen LogP contribution in [0.25, 0.3) is 0 Å². The molecule has 5 nitrogen and oxygen atoms in total. The van der Waals surface area contributed by atoms with Crippen LogP contribution in [-0.2, 0) is 16.2 Å². The lowest BCUT2D eigenvalue weighted by Gasteiger charge is -2.25. The molecule has 0 saturated carbocycles. The smallest absolute Gasteiger partial charge is 0.276 e. The largest absolute Gasteiger partial charge is 0.347 e. The van der Waals surface area contributed by atoms with Crippen molar-refractivity contribution in [2.75, 3.05) is 6.54 Å². The summed E-state index contributed by atoms with van der Waals surface area (Å²) in [5.74, 6) is -0.260.